The predicted molar refractivity (Wildman–Crippen MR) is 62.4 cm³/mol. The molecule has 0 amide bonds. The van der Waals surface area contributed by atoms with Crippen molar-refractivity contribution in [3.63, 3.8) is 0 Å². The van der Waals surface area contributed by atoms with Crippen molar-refractivity contribution >= 4 is 16.9 Å². The number of aromatic amines is 1. The highest BCUT2D eigenvalue weighted by atomic mass is 15.3. The topological polar surface area (TPSA) is 72.5 Å². The summed E-state index contributed by atoms with van der Waals surface area (Å²) in [5, 5.41) is 12.3. The Morgan fingerprint density at radius 3 is 2.75 bits per heavy atom. The number of H-pyrrole nitrogens is 1. The van der Waals surface area contributed by atoms with Gasteiger partial charge in [-0.3, -0.25) is 5.10 Å². The molecule has 3 aromatic rings. The van der Waals surface area contributed by atoms with Gasteiger partial charge in [-0.15, -0.1) is 0 Å². The minimum atomic E-state index is 0.565. The fourth-order valence-corrected chi connectivity index (χ4v) is 1.85. The quantitative estimate of drug-likeness (QED) is 0.645. The molecule has 0 unspecified atom stereocenters. The van der Waals surface area contributed by atoms with Crippen LogP contribution in [0.25, 0.3) is 16.7 Å². The lowest BCUT2D eigenvalue weighted by Gasteiger charge is -1.99. The van der Waals surface area contributed by atoms with Crippen LogP contribution in [0, 0.1) is 6.92 Å². The summed E-state index contributed by atoms with van der Waals surface area (Å²) >= 11 is 0. The lowest BCUT2D eigenvalue weighted by molar-refractivity contribution is 0.865. The van der Waals surface area contributed by atoms with Gasteiger partial charge in [-0.2, -0.15) is 10.2 Å². The van der Waals surface area contributed by atoms with Crippen molar-refractivity contribution < 1.29 is 0 Å². The lowest BCUT2D eigenvalue weighted by atomic mass is 10.3. The van der Waals surface area contributed by atoms with E-state index in [0.29, 0.717) is 5.82 Å². The highest BCUT2D eigenvalue weighted by molar-refractivity contribution is 5.89. The zero-order valence-electron chi connectivity index (χ0n) is 8.81. The van der Waals surface area contributed by atoms with Crippen LogP contribution < -0.4 is 5.73 Å². The Kier molecular flexibility index (Phi) is 1.73. The normalized spacial score (nSPS) is 11.1. The fraction of sp³-hybridized carbons (Fsp3) is 0.0909. The molecule has 0 bridgehead atoms. The van der Waals surface area contributed by atoms with Crippen LogP contribution in [0.4, 0.5) is 5.82 Å². The molecule has 0 aliphatic rings. The highest BCUT2D eigenvalue weighted by Gasteiger charge is 2.14. The van der Waals surface area contributed by atoms with Crippen LogP contribution in [0.15, 0.2) is 30.3 Å². The number of fused-ring (bicyclic) bond motifs is 1. The van der Waals surface area contributed by atoms with Gasteiger partial charge < -0.3 is 5.73 Å². The van der Waals surface area contributed by atoms with Crippen molar-refractivity contribution in [3.8, 4) is 5.69 Å². The Morgan fingerprint density at radius 2 is 2.00 bits per heavy atom. The molecule has 3 rings (SSSR count). The maximum atomic E-state index is 5.80. The minimum absolute atomic E-state index is 0.565. The standard InChI is InChI=1S/C11H11N5/c1-7-9-10(12)13-14-11(9)16(15-7)8-5-3-2-4-6-8/h2-6H,1H3,(H3,12,13,14). The second-order valence-corrected chi connectivity index (χ2v) is 3.67. The first kappa shape index (κ1) is 8.96. The molecular weight excluding hydrogens is 202 g/mol. The van der Waals surface area contributed by atoms with Crippen LogP contribution in [0.3, 0.4) is 0 Å². The summed E-state index contributed by atoms with van der Waals surface area (Å²) in [4.78, 5) is 0. The Bertz CT molecular complexity index is 635. The Hall–Kier alpha value is -2.30. The predicted octanol–water partition coefficient (Wildman–Crippen LogP) is 1.64. The number of anilines is 1. The maximum Gasteiger partial charge on any atom is 0.186 e. The molecule has 0 aliphatic heterocycles. The largest absolute Gasteiger partial charge is 0.383 e. The van der Waals surface area contributed by atoms with E-state index >= 15 is 0 Å². The smallest absolute Gasteiger partial charge is 0.186 e. The van der Waals surface area contributed by atoms with Gasteiger partial charge in [-0.25, -0.2) is 4.68 Å². The summed E-state index contributed by atoms with van der Waals surface area (Å²) in [6.45, 7) is 1.92. The van der Waals surface area contributed by atoms with Gasteiger partial charge >= 0.3 is 0 Å². The number of para-hydroxylation sites is 1. The zero-order valence-corrected chi connectivity index (χ0v) is 8.81. The molecule has 0 atom stereocenters. The number of nitrogens with one attached hydrogen (secondary N) is 1. The van der Waals surface area contributed by atoms with Gasteiger partial charge in [-0.1, -0.05) is 18.2 Å². The second kappa shape index (κ2) is 3.10. The summed E-state index contributed by atoms with van der Waals surface area (Å²) in [5.74, 6) is 0.565. The first-order valence-corrected chi connectivity index (χ1v) is 5.02. The SMILES string of the molecule is Cc1nn(-c2ccccc2)c2n[nH]c(N)c12. The van der Waals surface area contributed by atoms with Crippen molar-refractivity contribution in [1.29, 1.82) is 0 Å². The number of hydrogen-bond donors (Lipinski definition) is 2. The van der Waals surface area contributed by atoms with Gasteiger partial charge in [0.15, 0.2) is 5.65 Å². The number of benzene rings is 1. The van der Waals surface area contributed by atoms with Crippen molar-refractivity contribution in [2.75, 3.05) is 5.73 Å². The van der Waals surface area contributed by atoms with Crippen LogP contribution in [-0.2, 0) is 0 Å². The monoisotopic (exact) mass is 213 g/mol. The molecule has 0 fully saturated rings. The molecule has 0 saturated heterocycles. The molecule has 5 nitrogen and oxygen atoms in total. The van der Waals surface area contributed by atoms with E-state index in [1.165, 1.54) is 0 Å². The number of aromatic nitrogens is 4. The number of hydrogen-bond acceptors (Lipinski definition) is 3. The summed E-state index contributed by atoms with van der Waals surface area (Å²) in [6.07, 6.45) is 0. The van der Waals surface area contributed by atoms with Gasteiger partial charge in [0.05, 0.1) is 16.8 Å². The first-order chi connectivity index (χ1) is 7.77. The van der Waals surface area contributed by atoms with E-state index in [1.54, 1.807) is 4.68 Å². The van der Waals surface area contributed by atoms with E-state index in [4.69, 9.17) is 5.73 Å². The van der Waals surface area contributed by atoms with E-state index in [-0.39, 0.29) is 0 Å². The second-order valence-electron chi connectivity index (χ2n) is 3.67. The van der Waals surface area contributed by atoms with Gasteiger partial charge in [0.1, 0.15) is 5.82 Å². The maximum absolute atomic E-state index is 5.80. The van der Waals surface area contributed by atoms with E-state index in [9.17, 15) is 0 Å². The first-order valence-electron chi connectivity index (χ1n) is 5.02. The van der Waals surface area contributed by atoms with Crippen molar-refractivity contribution in [2.45, 2.75) is 6.92 Å². The molecule has 2 aromatic heterocycles. The Labute approximate surface area is 91.9 Å². The number of nitrogens with two attached hydrogens (primary N) is 1. The molecule has 16 heavy (non-hydrogen) atoms. The number of nitrogens with zero attached hydrogens (tertiary/aromatic N) is 3. The molecule has 2 heterocycles. The van der Waals surface area contributed by atoms with Crippen LogP contribution in [0.5, 0.6) is 0 Å². The molecule has 1 aromatic carbocycles. The van der Waals surface area contributed by atoms with Crippen molar-refractivity contribution in [2.24, 2.45) is 0 Å². The van der Waals surface area contributed by atoms with Gasteiger partial charge in [0.2, 0.25) is 0 Å². The van der Waals surface area contributed by atoms with Crippen LogP contribution in [0.2, 0.25) is 0 Å². The number of aryl methyl sites for hydroxylation is 1. The summed E-state index contributed by atoms with van der Waals surface area (Å²) in [5.41, 5.74) is 8.42. The van der Waals surface area contributed by atoms with E-state index < -0.39 is 0 Å². The molecule has 0 aliphatic carbocycles. The van der Waals surface area contributed by atoms with E-state index in [0.717, 1.165) is 22.4 Å². The molecule has 0 spiro atoms. The third kappa shape index (κ3) is 1.11. The molecule has 80 valence electrons. The Morgan fingerprint density at radius 1 is 1.25 bits per heavy atom. The number of nitrogen functional groups attached to an aromatic ring is 1. The minimum Gasteiger partial charge on any atom is -0.383 e. The third-order valence-corrected chi connectivity index (χ3v) is 2.59. The summed E-state index contributed by atoms with van der Waals surface area (Å²) in [6, 6.07) is 9.87. The molecule has 0 saturated carbocycles. The molecule has 5 heteroatoms. The van der Waals surface area contributed by atoms with Crippen LogP contribution in [-0.4, -0.2) is 20.0 Å². The highest BCUT2D eigenvalue weighted by Crippen LogP contribution is 2.23. The average Bonchev–Trinajstić information content (AvgIpc) is 2.83. The molecular formula is C11H11N5. The summed E-state index contributed by atoms with van der Waals surface area (Å²) < 4.78 is 1.79. The van der Waals surface area contributed by atoms with Crippen LogP contribution in [0.1, 0.15) is 5.69 Å². The lowest BCUT2D eigenvalue weighted by Crippen LogP contribution is -1.97. The van der Waals surface area contributed by atoms with Crippen molar-refractivity contribution in [3.05, 3.63) is 36.0 Å². The zero-order chi connectivity index (χ0) is 11.1. The summed E-state index contributed by atoms with van der Waals surface area (Å²) in [7, 11) is 0. The Balaban J connectivity index is 2.33. The number of rotatable bonds is 1. The van der Waals surface area contributed by atoms with Gasteiger partial charge in [0, 0.05) is 0 Å². The third-order valence-electron chi connectivity index (χ3n) is 2.59. The van der Waals surface area contributed by atoms with E-state index in [2.05, 4.69) is 15.3 Å². The average molecular weight is 213 g/mol. The van der Waals surface area contributed by atoms with Gasteiger partial charge in [-0.05, 0) is 19.1 Å². The fourth-order valence-electron chi connectivity index (χ4n) is 1.85. The van der Waals surface area contributed by atoms with Gasteiger partial charge in [0.25, 0.3) is 0 Å². The van der Waals surface area contributed by atoms with E-state index in [1.807, 2.05) is 37.3 Å². The molecule has 0 radical (unpaired) electrons. The van der Waals surface area contributed by atoms with Crippen molar-refractivity contribution in [1.82, 2.24) is 20.0 Å². The van der Waals surface area contributed by atoms with Crippen LogP contribution >= 0.6 is 0 Å². The molecule has 3 N–H and O–H groups in total.